The number of aliphatic carboxylic acids is 1. The summed E-state index contributed by atoms with van der Waals surface area (Å²) in [6, 6.07) is 0. The zero-order valence-corrected chi connectivity index (χ0v) is 23.7. The van der Waals surface area contributed by atoms with Gasteiger partial charge in [-0.2, -0.15) is 0 Å². The zero-order valence-electron chi connectivity index (χ0n) is 23.7. The smallest absolute Gasteiger partial charge is 0.312 e. The number of fused-ring (bicyclic) bond motifs is 6. The maximum atomic E-state index is 13.5. The molecule has 208 valence electrons. The number of carbonyl (C=O) groups excluding carboxylic acids is 1. The summed E-state index contributed by atoms with van der Waals surface area (Å²) < 4.78 is 5.71. The molecule has 0 aliphatic heterocycles. The van der Waals surface area contributed by atoms with Gasteiger partial charge in [0.05, 0.1) is 29.6 Å². The van der Waals surface area contributed by atoms with E-state index in [1.54, 1.807) is 6.92 Å². The Morgan fingerprint density at radius 2 is 1.62 bits per heavy atom. The molecule has 3 N–H and O–H groups in total. The van der Waals surface area contributed by atoms with E-state index in [1.165, 1.54) is 11.1 Å². The van der Waals surface area contributed by atoms with Crippen LogP contribution in [-0.2, 0) is 14.3 Å². The summed E-state index contributed by atoms with van der Waals surface area (Å²) in [5, 5.41) is 32.1. The third kappa shape index (κ3) is 3.56. The number of carbonyl (C=O) groups is 2. The van der Waals surface area contributed by atoms with E-state index in [4.69, 9.17) is 4.74 Å². The number of carboxylic acids is 1. The predicted molar refractivity (Wildman–Crippen MR) is 140 cm³/mol. The number of aliphatic hydroxyl groups excluding tert-OH is 2. The molecule has 0 aromatic rings. The van der Waals surface area contributed by atoms with Crippen LogP contribution in [-0.4, -0.2) is 46.1 Å². The minimum absolute atomic E-state index is 0.00777. The Balaban J connectivity index is 1.58. The van der Waals surface area contributed by atoms with E-state index in [1.807, 2.05) is 6.92 Å². The summed E-state index contributed by atoms with van der Waals surface area (Å²) in [5.74, 6) is -0.746. The average molecular weight is 517 g/mol. The van der Waals surface area contributed by atoms with Crippen LogP contribution in [0.2, 0.25) is 0 Å². The average Bonchev–Trinajstić information content (AvgIpc) is 2.81. The molecule has 0 bridgehead atoms. The second kappa shape index (κ2) is 8.55. The second-order valence-electron chi connectivity index (χ2n) is 14.7. The van der Waals surface area contributed by atoms with Crippen molar-refractivity contribution in [3.8, 4) is 0 Å². The van der Waals surface area contributed by atoms with Gasteiger partial charge in [-0.1, -0.05) is 38.8 Å². The summed E-state index contributed by atoms with van der Waals surface area (Å²) in [6.07, 6.45) is 6.32. The first-order valence-corrected chi connectivity index (χ1v) is 14.7. The fourth-order valence-electron chi connectivity index (χ4n) is 10.6. The van der Waals surface area contributed by atoms with E-state index in [0.29, 0.717) is 13.0 Å². The normalized spacial score (nSPS) is 48.7. The van der Waals surface area contributed by atoms with E-state index in [-0.39, 0.29) is 40.0 Å². The minimum Gasteiger partial charge on any atom is -0.481 e. The molecular weight excluding hydrogens is 468 g/mol. The van der Waals surface area contributed by atoms with Crippen molar-refractivity contribution in [3.05, 3.63) is 11.1 Å². The van der Waals surface area contributed by atoms with Crippen molar-refractivity contribution in [2.45, 2.75) is 118 Å². The van der Waals surface area contributed by atoms with Crippen LogP contribution < -0.4 is 0 Å². The highest BCUT2D eigenvalue weighted by Crippen LogP contribution is 2.71. The summed E-state index contributed by atoms with van der Waals surface area (Å²) in [7, 11) is 0. The Hall–Kier alpha value is -1.40. The summed E-state index contributed by atoms with van der Waals surface area (Å²) in [6.45, 7) is 13.2. The van der Waals surface area contributed by atoms with Crippen LogP contribution in [0.3, 0.4) is 0 Å². The SMILES string of the molecule is CCOC(=O)C12CCC3=C(CCC4C3(C)CCC3C4(C)CC(O)C(O)C3(C)C(=O)O)C1CC(C)(C)CC2. The largest absolute Gasteiger partial charge is 0.481 e. The number of ether oxygens (including phenoxy) is 1. The number of esters is 1. The van der Waals surface area contributed by atoms with Gasteiger partial charge in [-0.15, -0.1) is 0 Å². The second-order valence-corrected chi connectivity index (χ2v) is 14.7. The molecule has 6 heteroatoms. The Labute approximate surface area is 222 Å². The molecule has 6 nitrogen and oxygen atoms in total. The van der Waals surface area contributed by atoms with Gasteiger partial charge in [0.1, 0.15) is 0 Å². The Bertz CT molecular complexity index is 1020. The van der Waals surface area contributed by atoms with Crippen molar-refractivity contribution in [2.24, 2.45) is 44.8 Å². The fraction of sp³-hybridized carbons (Fsp3) is 0.871. The number of hydrogen-bond acceptors (Lipinski definition) is 5. The lowest BCUT2D eigenvalue weighted by Gasteiger charge is -2.67. The van der Waals surface area contributed by atoms with Crippen molar-refractivity contribution < 1.29 is 29.6 Å². The first kappa shape index (κ1) is 27.2. The Morgan fingerprint density at radius 3 is 2.27 bits per heavy atom. The lowest BCUT2D eigenvalue weighted by Crippen LogP contribution is -2.66. The molecule has 0 heterocycles. The molecule has 0 saturated heterocycles. The summed E-state index contributed by atoms with van der Waals surface area (Å²) in [4.78, 5) is 26.0. The maximum absolute atomic E-state index is 13.5. The lowest BCUT2D eigenvalue weighted by atomic mass is 9.38. The molecule has 9 atom stereocenters. The zero-order chi connectivity index (χ0) is 27.2. The fourth-order valence-corrected chi connectivity index (χ4v) is 10.6. The molecule has 5 aliphatic carbocycles. The number of carboxylic acid groups (broad SMARTS) is 1. The van der Waals surface area contributed by atoms with Gasteiger partial charge in [-0.25, -0.2) is 0 Å². The highest BCUT2D eigenvalue weighted by atomic mass is 16.5. The van der Waals surface area contributed by atoms with Crippen molar-refractivity contribution >= 4 is 11.9 Å². The maximum Gasteiger partial charge on any atom is 0.312 e. The van der Waals surface area contributed by atoms with Crippen molar-refractivity contribution in [1.82, 2.24) is 0 Å². The van der Waals surface area contributed by atoms with Gasteiger partial charge in [0.25, 0.3) is 0 Å². The quantitative estimate of drug-likeness (QED) is 0.338. The highest BCUT2D eigenvalue weighted by Gasteiger charge is 2.68. The number of hydrogen-bond donors (Lipinski definition) is 3. The highest BCUT2D eigenvalue weighted by molar-refractivity contribution is 5.79. The summed E-state index contributed by atoms with van der Waals surface area (Å²) in [5.41, 5.74) is 0.962. The van der Waals surface area contributed by atoms with Crippen LogP contribution in [0.1, 0.15) is 106 Å². The molecule has 37 heavy (non-hydrogen) atoms. The number of rotatable bonds is 3. The van der Waals surface area contributed by atoms with Crippen LogP contribution in [0.4, 0.5) is 0 Å². The first-order valence-electron chi connectivity index (χ1n) is 14.7. The topological polar surface area (TPSA) is 104 Å². The van der Waals surface area contributed by atoms with E-state index in [2.05, 4.69) is 27.7 Å². The monoisotopic (exact) mass is 516 g/mol. The van der Waals surface area contributed by atoms with E-state index < -0.39 is 29.0 Å². The molecule has 0 aromatic carbocycles. The third-order valence-electron chi connectivity index (χ3n) is 12.5. The molecule has 9 unspecified atom stereocenters. The van der Waals surface area contributed by atoms with Crippen molar-refractivity contribution in [1.29, 1.82) is 0 Å². The summed E-state index contributed by atoms with van der Waals surface area (Å²) >= 11 is 0. The molecule has 0 radical (unpaired) electrons. The van der Waals surface area contributed by atoms with Crippen LogP contribution in [0, 0.1) is 44.8 Å². The standard InChI is InChI=1S/C31H48O6/c1-7-37-26(36)31-13-10-19-18(20(31)16-27(2,3)14-15-31)8-9-22-28(19,4)12-11-23-29(22,5)17-21(32)24(33)30(23,6)25(34)35/h20-24,32-33H,7-17H2,1-6H3,(H,34,35). The Morgan fingerprint density at radius 1 is 0.919 bits per heavy atom. The van der Waals surface area contributed by atoms with Gasteiger partial charge >= 0.3 is 11.9 Å². The molecule has 0 amide bonds. The van der Waals surface area contributed by atoms with Gasteiger partial charge in [-0.05, 0) is 112 Å². The van der Waals surface area contributed by atoms with Crippen molar-refractivity contribution in [3.63, 3.8) is 0 Å². The van der Waals surface area contributed by atoms with Gasteiger partial charge < -0.3 is 20.1 Å². The molecule has 5 rings (SSSR count). The number of allylic oxidation sites excluding steroid dienone is 2. The Kier molecular flexibility index (Phi) is 6.28. The molecule has 5 aliphatic rings. The molecule has 0 spiro atoms. The van der Waals surface area contributed by atoms with E-state index in [9.17, 15) is 24.9 Å². The van der Waals surface area contributed by atoms with Gasteiger partial charge in [-0.3, -0.25) is 9.59 Å². The molecular formula is C31H48O6. The van der Waals surface area contributed by atoms with Crippen LogP contribution >= 0.6 is 0 Å². The molecule has 0 aromatic heterocycles. The van der Waals surface area contributed by atoms with Gasteiger partial charge in [0, 0.05) is 0 Å². The van der Waals surface area contributed by atoms with Crippen molar-refractivity contribution in [2.75, 3.05) is 6.61 Å². The molecule has 3 fully saturated rings. The van der Waals surface area contributed by atoms with Gasteiger partial charge in [0.2, 0.25) is 0 Å². The van der Waals surface area contributed by atoms with Gasteiger partial charge in [0.15, 0.2) is 0 Å². The number of aliphatic hydroxyl groups is 2. The first-order chi connectivity index (χ1) is 17.2. The van der Waals surface area contributed by atoms with E-state index in [0.717, 1.165) is 57.8 Å². The van der Waals surface area contributed by atoms with Crippen LogP contribution in [0.5, 0.6) is 0 Å². The lowest BCUT2D eigenvalue weighted by molar-refractivity contribution is -0.224. The van der Waals surface area contributed by atoms with Crippen LogP contribution in [0.15, 0.2) is 11.1 Å². The molecule has 3 saturated carbocycles. The van der Waals surface area contributed by atoms with E-state index >= 15 is 0 Å². The predicted octanol–water partition coefficient (Wildman–Crippen LogP) is 5.50. The minimum atomic E-state index is -1.36. The van der Waals surface area contributed by atoms with Crippen LogP contribution in [0.25, 0.3) is 0 Å². The third-order valence-corrected chi connectivity index (χ3v) is 12.5.